The molecule has 3 rings (SSSR count). The molecule has 1 aromatic heterocycles. The number of benzene rings is 1. The molecule has 114 valence electrons. The van der Waals surface area contributed by atoms with Gasteiger partial charge < -0.3 is 14.6 Å². The van der Waals surface area contributed by atoms with Gasteiger partial charge in [0.15, 0.2) is 0 Å². The molecule has 1 aromatic carbocycles. The minimum atomic E-state index is 0.747. The van der Waals surface area contributed by atoms with Crippen molar-refractivity contribution in [1.29, 1.82) is 0 Å². The lowest BCUT2D eigenvalue weighted by Crippen LogP contribution is -2.19. The molecule has 0 radical (unpaired) electrons. The Morgan fingerprint density at radius 1 is 1.24 bits per heavy atom. The number of nitrogens with one attached hydrogen (secondary N) is 1. The highest BCUT2D eigenvalue weighted by Crippen LogP contribution is 2.22. The minimum absolute atomic E-state index is 0.747. The fourth-order valence-electron chi connectivity index (χ4n) is 2.72. The number of para-hydroxylation sites is 1. The Morgan fingerprint density at radius 3 is 2.90 bits per heavy atom. The van der Waals surface area contributed by atoms with Gasteiger partial charge in [0.25, 0.3) is 0 Å². The molecular formula is C18H26N2O. The molecule has 0 amide bonds. The van der Waals surface area contributed by atoms with Crippen molar-refractivity contribution < 1.29 is 4.74 Å². The van der Waals surface area contributed by atoms with Gasteiger partial charge in [-0.2, -0.15) is 0 Å². The third-order valence-electron chi connectivity index (χ3n) is 4.15. The van der Waals surface area contributed by atoms with E-state index in [1.54, 1.807) is 0 Å². The molecule has 0 saturated heterocycles. The number of rotatable bonds is 9. The van der Waals surface area contributed by atoms with Crippen LogP contribution < -0.4 is 5.32 Å². The van der Waals surface area contributed by atoms with Crippen molar-refractivity contribution in [2.24, 2.45) is 0 Å². The summed E-state index contributed by atoms with van der Waals surface area (Å²) in [5.41, 5.74) is 2.70. The van der Waals surface area contributed by atoms with Crippen LogP contribution >= 0.6 is 0 Å². The van der Waals surface area contributed by atoms with Crippen LogP contribution in [0.4, 0.5) is 0 Å². The molecule has 21 heavy (non-hydrogen) atoms. The van der Waals surface area contributed by atoms with Gasteiger partial charge in [-0.05, 0) is 36.8 Å². The van der Waals surface area contributed by atoms with Crippen LogP contribution in [-0.2, 0) is 17.8 Å². The molecule has 1 saturated carbocycles. The Labute approximate surface area is 127 Å². The SMILES string of the molecule is CCCCOCCn1c(CNC2CC2)cc2ccccc21. The fourth-order valence-corrected chi connectivity index (χ4v) is 2.72. The van der Waals surface area contributed by atoms with E-state index in [9.17, 15) is 0 Å². The highest BCUT2D eigenvalue weighted by Gasteiger charge is 2.20. The van der Waals surface area contributed by atoms with Crippen molar-refractivity contribution in [3.05, 3.63) is 36.0 Å². The van der Waals surface area contributed by atoms with Gasteiger partial charge in [0.1, 0.15) is 0 Å². The second kappa shape index (κ2) is 7.10. The van der Waals surface area contributed by atoms with Crippen molar-refractivity contribution in [3.63, 3.8) is 0 Å². The number of ether oxygens (including phenoxy) is 1. The molecule has 1 aliphatic rings. The lowest BCUT2D eigenvalue weighted by atomic mass is 10.2. The van der Waals surface area contributed by atoms with E-state index in [1.807, 2.05) is 0 Å². The Morgan fingerprint density at radius 2 is 2.10 bits per heavy atom. The van der Waals surface area contributed by atoms with Gasteiger partial charge in [0.2, 0.25) is 0 Å². The second-order valence-electron chi connectivity index (χ2n) is 5.97. The summed E-state index contributed by atoms with van der Waals surface area (Å²) in [7, 11) is 0. The quantitative estimate of drug-likeness (QED) is 0.711. The number of fused-ring (bicyclic) bond motifs is 1. The van der Waals surface area contributed by atoms with Crippen molar-refractivity contribution in [3.8, 4) is 0 Å². The topological polar surface area (TPSA) is 26.2 Å². The zero-order valence-corrected chi connectivity index (χ0v) is 13.0. The van der Waals surface area contributed by atoms with Crippen LogP contribution in [0.5, 0.6) is 0 Å². The third kappa shape index (κ3) is 3.86. The van der Waals surface area contributed by atoms with Gasteiger partial charge in [-0.1, -0.05) is 31.5 Å². The molecule has 1 aliphatic carbocycles. The van der Waals surface area contributed by atoms with E-state index in [0.29, 0.717) is 0 Å². The van der Waals surface area contributed by atoms with Crippen molar-refractivity contribution in [2.75, 3.05) is 13.2 Å². The van der Waals surface area contributed by atoms with Crippen LogP contribution in [0.1, 0.15) is 38.3 Å². The summed E-state index contributed by atoms with van der Waals surface area (Å²) < 4.78 is 8.16. The molecule has 1 fully saturated rings. The zero-order chi connectivity index (χ0) is 14.5. The summed E-state index contributed by atoms with van der Waals surface area (Å²) in [5.74, 6) is 0. The molecule has 0 spiro atoms. The number of unbranched alkanes of at least 4 members (excludes halogenated alkanes) is 1. The first-order chi connectivity index (χ1) is 10.4. The molecule has 3 heteroatoms. The molecule has 2 aromatic rings. The smallest absolute Gasteiger partial charge is 0.0645 e. The van der Waals surface area contributed by atoms with Crippen LogP contribution in [0.15, 0.2) is 30.3 Å². The van der Waals surface area contributed by atoms with Gasteiger partial charge in [0.05, 0.1) is 6.61 Å². The normalized spacial score (nSPS) is 14.9. The maximum absolute atomic E-state index is 5.75. The van der Waals surface area contributed by atoms with Gasteiger partial charge in [-0.15, -0.1) is 0 Å². The maximum Gasteiger partial charge on any atom is 0.0645 e. The molecule has 0 atom stereocenters. The largest absolute Gasteiger partial charge is 0.380 e. The summed E-state index contributed by atoms with van der Waals surface area (Å²) in [6.07, 6.45) is 5.02. The minimum Gasteiger partial charge on any atom is -0.380 e. The average molecular weight is 286 g/mol. The lowest BCUT2D eigenvalue weighted by molar-refractivity contribution is 0.124. The lowest BCUT2D eigenvalue weighted by Gasteiger charge is -2.12. The monoisotopic (exact) mass is 286 g/mol. The standard InChI is InChI=1S/C18H26N2O/c1-2-3-11-21-12-10-20-17(14-19-16-8-9-16)13-15-6-4-5-7-18(15)20/h4-7,13,16,19H,2-3,8-12,14H2,1H3. The van der Waals surface area contributed by atoms with Gasteiger partial charge >= 0.3 is 0 Å². The van der Waals surface area contributed by atoms with Gasteiger partial charge in [-0.25, -0.2) is 0 Å². The summed E-state index contributed by atoms with van der Waals surface area (Å²) in [4.78, 5) is 0. The predicted molar refractivity (Wildman–Crippen MR) is 87.5 cm³/mol. The van der Waals surface area contributed by atoms with Gasteiger partial charge in [0, 0.05) is 36.9 Å². The van der Waals surface area contributed by atoms with E-state index in [4.69, 9.17) is 4.74 Å². The molecule has 0 aliphatic heterocycles. The van der Waals surface area contributed by atoms with Crippen LogP contribution in [0.25, 0.3) is 10.9 Å². The van der Waals surface area contributed by atoms with E-state index in [-0.39, 0.29) is 0 Å². The van der Waals surface area contributed by atoms with E-state index in [2.05, 4.69) is 47.1 Å². The van der Waals surface area contributed by atoms with E-state index >= 15 is 0 Å². The molecule has 1 N–H and O–H groups in total. The summed E-state index contributed by atoms with van der Waals surface area (Å²) in [6, 6.07) is 11.7. The molecule has 0 unspecified atom stereocenters. The Bertz CT molecular complexity index is 572. The first-order valence-corrected chi connectivity index (χ1v) is 8.26. The summed E-state index contributed by atoms with van der Waals surface area (Å²) >= 11 is 0. The number of hydrogen-bond acceptors (Lipinski definition) is 2. The summed E-state index contributed by atoms with van der Waals surface area (Å²) in [5, 5.41) is 4.96. The third-order valence-corrected chi connectivity index (χ3v) is 4.15. The van der Waals surface area contributed by atoms with Crippen molar-refractivity contribution in [1.82, 2.24) is 9.88 Å². The number of aromatic nitrogens is 1. The van der Waals surface area contributed by atoms with Crippen LogP contribution in [0, 0.1) is 0 Å². The molecule has 1 heterocycles. The number of hydrogen-bond donors (Lipinski definition) is 1. The molecule has 3 nitrogen and oxygen atoms in total. The average Bonchev–Trinajstić information content (AvgIpc) is 3.27. The Kier molecular flexibility index (Phi) is 4.94. The summed E-state index contributed by atoms with van der Waals surface area (Å²) in [6.45, 7) is 5.79. The van der Waals surface area contributed by atoms with E-state index in [0.717, 1.165) is 38.8 Å². The van der Waals surface area contributed by atoms with Crippen LogP contribution in [0.3, 0.4) is 0 Å². The van der Waals surface area contributed by atoms with Gasteiger partial charge in [-0.3, -0.25) is 0 Å². The Hall–Kier alpha value is -1.32. The first kappa shape index (κ1) is 14.6. The van der Waals surface area contributed by atoms with E-state index < -0.39 is 0 Å². The van der Waals surface area contributed by atoms with Crippen molar-refractivity contribution >= 4 is 10.9 Å². The Balaban J connectivity index is 1.68. The zero-order valence-electron chi connectivity index (χ0n) is 13.0. The van der Waals surface area contributed by atoms with Crippen LogP contribution in [-0.4, -0.2) is 23.8 Å². The van der Waals surface area contributed by atoms with E-state index in [1.165, 1.54) is 35.9 Å². The number of nitrogens with zero attached hydrogens (tertiary/aromatic N) is 1. The molecule has 0 bridgehead atoms. The van der Waals surface area contributed by atoms with Crippen molar-refractivity contribution in [2.45, 2.75) is 51.7 Å². The predicted octanol–water partition coefficient (Wildman–Crippen LogP) is 3.71. The second-order valence-corrected chi connectivity index (χ2v) is 5.97. The first-order valence-electron chi connectivity index (χ1n) is 8.26. The molecular weight excluding hydrogens is 260 g/mol. The highest BCUT2D eigenvalue weighted by atomic mass is 16.5. The maximum atomic E-state index is 5.75. The highest BCUT2D eigenvalue weighted by molar-refractivity contribution is 5.81. The van der Waals surface area contributed by atoms with Crippen LogP contribution in [0.2, 0.25) is 0 Å². The fraction of sp³-hybridized carbons (Fsp3) is 0.556.